The molecule has 0 saturated carbocycles. The first-order valence-corrected chi connectivity index (χ1v) is 8.95. The highest BCUT2D eigenvalue weighted by Gasteiger charge is 2.23. The number of rotatable bonds is 3. The van der Waals surface area contributed by atoms with Crippen molar-refractivity contribution in [2.45, 2.75) is 19.4 Å². The van der Waals surface area contributed by atoms with Gasteiger partial charge in [-0.05, 0) is 37.6 Å². The molecule has 4 rings (SSSR count). The van der Waals surface area contributed by atoms with Crippen LogP contribution in [0.25, 0.3) is 20.2 Å². The number of primary amides is 1. The molecule has 23 heavy (non-hydrogen) atoms. The van der Waals surface area contributed by atoms with Gasteiger partial charge in [0.15, 0.2) is 0 Å². The number of nitrogens with two attached hydrogens (primary N) is 1. The number of hydrogen-bond donors (Lipinski definition) is 1. The number of amides is 1. The number of fused-ring (bicyclic) bond motifs is 3. The fraction of sp³-hybridized carbons (Fsp3) is 0.316. The average molecular weight is 324 g/mol. The van der Waals surface area contributed by atoms with Gasteiger partial charge in [0.25, 0.3) is 0 Å². The van der Waals surface area contributed by atoms with Crippen LogP contribution in [0.2, 0.25) is 0 Å². The van der Waals surface area contributed by atoms with Crippen LogP contribution < -0.4 is 5.73 Å². The lowest BCUT2D eigenvalue weighted by molar-refractivity contribution is -0.123. The zero-order chi connectivity index (χ0) is 15.8. The van der Waals surface area contributed by atoms with Crippen LogP contribution in [-0.2, 0) is 11.3 Å². The molecule has 0 bridgehead atoms. The van der Waals surface area contributed by atoms with Crippen molar-refractivity contribution >= 4 is 37.4 Å². The second-order valence-corrected chi connectivity index (χ2v) is 7.40. The van der Waals surface area contributed by atoms with Crippen molar-refractivity contribution in [2.24, 2.45) is 11.7 Å². The van der Waals surface area contributed by atoms with Crippen LogP contribution in [0, 0.1) is 5.92 Å². The number of carbonyl (C=O) groups is 1. The highest BCUT2D eigenvalue weighted by Crippen LogP contribution is 2.36. The Hall–Kier alpha value is -1.91. The number of piperidine rings is 1. The normalized spacial score (nSPS) is 17.0. The van der Waals surface area contributed by atoms with Gasteiger partial charge in [-0.25, -0.2) is 0 Å². The Kier molecular flexibility index (Phi) is 3.79. The summed E-state index contributed by atoms with van der Waals surface area (Å²) in [5.74, 6) is -0.0809. The maximum Gasteiger partial charge on any atom is 0.220 e. The van der Waals surface area contributed by atoms with E-state index in [1.807, 2.05) is 11.3 Å². The fourth-order valence-electron chi connectivity index (χ4n) is 3.55. The lowest BCUT2D eigenvalue weighted by Gasteiger charge is -2.30. The standard InChI is InChI=1S/C19H20N2OS/c20-19(22)13-8-10-21(11-9-13)12-14-4-3-6-16-15-5-1-2-7-17(15)23-18(14)16/h1-7,13H,8-12H2,(H2,20,22). The summed E-state index contributed by atoms with van der Waals surface area (Å²) in [6, 6.07) is 15.2. The van der Waals surface area contributed by atoms with E-state index >= 15 is 0 Å². The summed E-state index contributed by atoms with van der Waals surface area (Å²) in [5, 5.41) is 2.71. The van der Waals surface area contributed by atoms with Gasteiger partial charge in [0.2, 0.25) is 5.91 Å². The van der Waals surface area contributed by atoms with E-state index in [0.29, 0.717) is 0 Å². The van der Waals surface area contributed by atoms with Gasteiger partial charge in [0, 0.05) is 32.6 Å². The Morgan fingerprint density at radius 2 is 1.83 bits per heavy atom. The molecule has 3 aromatic rings. The van der Waals surface area contributed by atoms with Gasteiger partial charge in [-0.2, -0.15) is 0 Å². The third-order valence-corrected chi connectivity index (χ3v) is 6.13. The van der Waals surface area contributed by atoms with Crippen LogP contribution >= 0.6 is 11.3 Å². The highest BCUT2D eigenvalue weighted by molar-refractivity contribution is 7.26. The minimum atomic E-state index is -0.142. The Bertz CT molecular complexity index is 862. The maximum atomic E-state index is 11.3. The quantitative estimate of drug-likeness (QED) is 0.797. The molecule has 0 aliphatic carbocycles. The van der Waals surface area contributed by atoms with Gasteiger partial charge >= 0.3 is 0 Å². The molecule has 4 heteroatoms. The number of thiophene rings is 1. The van der Waals surface area contributed by atoms with E-state index in [4.69, 9.17) is 5.73 Å². The van der Waals surface area contributed by atoms with Crippen molar-refractivity contribution in [1.82, 2.24) is 4.90 Å². The van der Waals surface area contributed by atoms with Crippen LogP contribution in [0.4, 0.5) is 0 Å². The van der Waals surface area contributed by atoms with Crippen molar-refractivity contribution in [3.63, 3.8) is 0 Å². The van der Waals surface area contributed by atoms with Gasteiger partial charge < -0.3 is 5.73 Å². The van der Waals surface area contributed by atoms with Crippen LogP contribution in [0.1, 0.15) is 18.4 Å². The van der Waals surface area contributed by atoms with E-state index in [9.17, 15) is 4.79 Å². The molecule has 1 aliphatic rings. The van der Waals surface area contributed by atoms with Crippen molar-refractivity contribution in [3.8, 4) is 0 Å². The minimum Gasteiger partial charge on any atom is -0.369 e. The van der Waals surface area contributed by atoms with Crippen molar-refractivity contribution in [2.75, 3.05) is 13.1 Å². The lowest BCUT2D eigenvalue weighted by Crippen LogP contribution is -2.38. The number of benzene rings is 2. The smallest absolute Gasteiger partial charge is 0.220 e. The van der Waals surface area contributed by atoms with Gasteiger partial charge in [0.05, 0.1) is 0 Å². The van der Waals surface area contributed by atoms with E-state index in [2.05, 4.69) is 47.4 Å². The third kappa shape index (κ3) is 2.73. The molecule has 0 atom stereocenters. The molecule has 1 aromatic heterocycles. The monoisotopic (exact) mass is 324 g/mol. The SMILES string of the molecule is NC(=O)C1CCN(Cc2cccc3c2sc2ccccc23)CC1. The van der Waals surface area contributed by atoms with E-state index < -0.39 is 0 Å². The predicted octanol–water partition coefficient (Wildman–Crippen LogP) is 3.75. The molecule has 1 aliphatic heterocycles. The molecule has 1 saturated heterocycles. The number of carbonyl (C=O) groups excluding carboxylic acids is 1. The van der Waals surface area contributed by atoms with Crippen molar-refractivity contribution < 1.29 is 4.79 Å². The minimum absolute atomic E-state index is 0.0615. The molecule has 2 heterocycles. The second kappa shape index (κ2) is 5.95. The predicted molar refractivity (Wildman–Crippen MR) is 96.5 cm³/mol. The van der Waals surface area contributed by atoms with Gasteiger partial charge in [0.1, 0.15) is 0 Å². The Morgan fingerprint density at radius 1 is 1.09 bits per heavy atom. The largest absolute Gasteiger partial charge is 0.369 e. The highest BCUT2D eigenvalue weighted by atomic mass is 32.1. The molecular formula is C19H20N2OS. The first kappa shape index (κ1) is 14.7. The molecule has 0 radical (unpaired) electrons. The molecular weight excluding hydrogens is 304 g/mol. The maximum absolute atomic E-state index is 11.3. The zero-order valence-corrected chi connectivity index (χ0v) is 13.8. The first-order valence-electron chi connectivity index (χ1n) is 8.13. The summed E-state index contributed by atoms with van der Waals surface area (Å²) in [6.45, 7) is 2.86. The zero-order valence-electron chi connectivity index (χ0n) is 13.0. The van der Waals surface area contributed by atoms with Gasteiger partial charge in [-0.1, -0.05) is 36.4 Å². The summed E-state index contributed by atoms with van der Waals surface area (Å²) < 4.78 is 2.74. The van der Waals surface area contributed by atoms with E-state index in [0.717, 1.165) is 32.5 Å². The summed E-state index contributed by atoms with van der Waals surface area (Å²) >= 11 is 1.88. The number of likely N-dealkylation sites (tertiary alicyclic amines) is 1. The summed E-state index contributed by atoms with van der Waals surface area (Å²) in [4.78, 5) is 13.7. The van der Waals surface area contributed by atoms with E-state index in [1.165, 1.54) is 25.7 Å². The molecule has 1 amide bonds. The third-order valence-electron chi connectivity index (χ3n) is 4.87. The van der Waals surface area contributed by atoms with Crippen LogP contribution in [0.15, 0.2) is 42.5 Å². The van der Waals surface area contributed by atoms with Crippen LogP contribution in [0.3, 0.4) is 0 Å². The second-order valence-electron chi connectivity index (χ2n) is 6.34. The molecule has 118 valence electrons. The molecule has 1 fully saturated rings. The lowest BCUT2D eigenvalue weighted by atomic mass is 9.96. The Morgan fingerprint density at radius 3 is 2.61 bits per heavy atom. The van der Waals surface area contributed by atoms with E-state index in [-0.39, 0.29) is 11.8 Å². The molecule has 2 N–H and O–H groups in total. The van der Waals surface area contributed by atoms with Gasteiger partial charge in [-0.3, -0.25) is 9.69 Å². The molecule has 0 unspecified atom stereocenters. The topological polar surface area (TPSA) is 46.3 Å². The summed E-state index contributed by atoms with van der Waals surface area (Å²) in [6.07, 6.45) is 1.77. The average Bonchev–Trinajstić information content (AvgIpc) is 2.95. The fourth-order valence-corrected chi connectivity index (χ4v) is 4.75. The van der Waals surface area contributed by atoms with Crippen molar-refractivity contribution in [3.05, 3.63) is 48.0 Å². The van der Waals surface area contributed by atoms with E-state index in [1.54, 1.807) is 0 Å². The van der Waals surface area contributed by atoms with Crippen molar-refractivity contribution in [1.29, 1.82) is 0 Å². The van der Waals surface area contributed by atoms with Gasteiger partial charge in [-0.15, -0.1) is 11.3 Å². The first-order chi connectivity index (χ1) is 11.2. The summed E-state index contributed by atoms with van der Waals surface area (Å²) in [7, 11) is 0. The number of nitrogens with zero attached hydrogens (tertiary/aromatic N) is 1. The molecule has 3 nitrogen and oxygen atoms in total. The summed E-state index contributed by atoms with van der Waals surface area (Å²) in [5.41, 5.74) is 6.82. The van der Waals surface area contributed by atoms with Crippen LogP contribution in [-0.4, -0.2) is 23.9 Å². The van der Waals surface area contributed by atoms with Crippen LogP contribution in [0.5, 0.6) is 0 Å². The number of hydrogen-bond acceptors (Lipinski definition) is 3. The Labute approximate surface area is 139 Å². The Balaban J connectivity index is 1.61. The molecule has 0 spiro atoms. The molecule has 2 aromatic carbocycles.